The van der Waals surface area contributed by atoms with Crippen molar-refractivity contribution in [3.8, 4) is 0 Å². The second-order valence-corrected chi connectivity index (χ2v) is 6.57. The minimum Gasteiger partial charge on any atom is -0.312 e. The Balaban J connectivity index is 1.49. The van der Waals surface area contributed by atoms with Crippen LogP contribution in [0.4, 0.5) is 4.39 Å². The van der Waals surface area contributed by atoms with Crippen LogP contribution in [-0.4, -0.2) is 6.54 Å². The summed E-state index contributed by atoms with van der Waals surface area (Å²) in [4.78, 5) is 0. The molecular weight excluding hydrogens is 293 g/mol. The number of hydrogen-bond acceptors (Lipinski definition) is 1. The van der Waals surface area contributed by atoms with Gasteiger partial charge in [0.1, 0.15) is 5.82 Å². The molecule has 3 heteroatoms. The lowest BCUT2D eigenvalue weighted by molar-refractivity contribution is 0.378. The Labute approximate surface area is 116 Å². The fraction of sp³-hybridized carbons (Fsp3) is 0.600. The van der Waals surface area contributed by atoms with Gasteiger partial charge in [0.25, 0.3) is 0 Å². The summed E-state index contributed by atoms with van der Waals surface area (Å²) in [6.45, 7) is 1.97. The zero-order chi connectivity index (χ0) is 12.5. The largest absolute Gasteiger partial charge is 0.312 e. The average Bonchev–Trinajstić information content (AvgIpc) is 3.22. The summed E-state index contributed by atoms with van der Waals surface area (Å²) in [5.74, 6) is 2.69. The fourth-order valence-corrected chi connectivity index (χ4v) is 3.23. The van der Waals surface area contributed by atoms with Crippen molar-refractivity contribution in [3.63, 3.8) is 0 Å². The van der Waals surface area contributed by atoms with Crippen molar-refractivity contribution in [1.29, 1.82) is 0 Å². The standard InChI is InChI=1S/C15H19BrFN/c16-14-7-10(1-6-15(14)17)8-18-9-13(11-2-3-11)12-4-5-12/h1,6-7,11-13,18H,2-5,8-9H2. The predicted molar refractivity (Wildman–Crippen MR) is 74.7 cm³/mol. The quantitative estimate of drug-likeness (QED) is 0.833. The first-order chi connectivity index (χ1) is 8.74. The Bertz CT molecular complexity index is 415. The molecule has 2 fully saturated rings. The lowest BCUT2D eigenvalue weighted by Gasteiger charge is -2.16. The molecule has 98 valence electrons. The van der Waals surface area contributed by atoms with E-state index < -0.39 is 0 Å². The van der Waals surface area contributed by atoms with E-state index in [1.807, 2.05) is 12.1 Å². The maximum absolute atomic E-state index is 13.1. The van der Waals surface area contributed by atoms with Crippen LogP contribution < -0.4 is 5.32 Å². The van der Waals surface area contributed by atoms with Crippen molar-refractivity contribution < 1.29 is 4.39 Å². The van der Waals surface area contributed by atoms with Gasteiger partial charge in [-0.15, -0.1) is 0 Å². The van der Waals surface area contributed by atoms with E-state index in [1.165, 1.54) is 31.7 Å². The number of rotatable bonds is 6. The molecule has 1 N–H and O–H groups in total. The van der Waals surface area contributed by atoms with Crippen LogP contribution in [0.25, 0.3) is 0 Å². The summed E-state index contributed by atoms with van der Waals surface area (Å²) >= 11 is 3.23. The molecule has 2 aliphatic rings. The first kappa shape index (κ1) is 12.6. The zero-order valence-electron chi connectivity index (χ0n) is 10.5. The van der Waals surface area contributed by atoms with Gasteiger partial charge in [-0.25, -0.2) is 4.39 Å². The second kappa shape index (κ2) is 5.30. The average molecular weight is 312 g/mol. The van der Waals surface area contributed by atoms with E-state index in [1.54, 1.807) is 0 Å². The molecule has 0 radical (unpaired) electrons. The number of nitrogens with one attached hydrogen (secondary N) is 1. The number of hydrogen-bond donors (Lipinski definition) is 1. The molecule has 0 spiro atoms. The topological polar surface area (TPSA) is 12.0 Å². The molecule has 0 atom stereocenters. The molecule has 0 heterocycles. The molecule has 2 aliphatic carbocycles. The third-order valence-electron chi connectivity index (χ3n) is 4.15. The van der Waals surface area contributed by atoms with Crippen LogP contribution in [0.5, 0.6) is 0 Å². The molecule has 0 unspecified atom stereocenters. The summed E-state index contributed by atoms with van der Waals surface area (Å²) in [6.07, 6.45) is 5.74. The molecule has 1 aromatic carbocycles. The maximum Gasteiger partial charge on any atom is 0.137 e. The highest BCUT2D eigenvalue weighted by Gasteiger charge is 2.40. The van der Waals surface area contributed by atoms with Gasteiger partial charge in [-0.1, -0.05) is 6.07 Å². The number of halogens is 2. The Hall–Kier alpha value is -0.410. The van der Waals surface area contributed by atoms with Crippen molar-refractivity contribution >= 4 is 15.9 Å². The van der Waals surface area contributed by atoms with Gasteiger partial charge >= 0.3 is 0 Å². The van der Waals surface area contributed by atoms with E-state index in [2.05, 4.69) is 21.2 Å². The summed E-state index contributed by atoms with van der Waals surface area (Å²) in [6, 6.07) is 5.25. The van der Waals surface area contributed by atoms with Gasteiger partial charge in [0.2, 0.25) is 0 Å². The van der Waals surface area contributed by atoms with Gasteiger partial charge < -0.3 is 5.32 Å². The third kappa shape index (κ3) is 3.12. The van der Waals surface area contributed by atoms with Crippen LogP contribution in [0.3, 0.4) is 0 Å². The van der Waals surface area contributed by atoms with Crippen molar-refractivity contribution in [2.45, 2.75) is 32.2 Å². The normalized spacial score (nSPS) is 19.5. The van der Waals surface area contributed by atoms with Crippen molar-refractivity contribution in [3.05, 3.63) is 34.1 Å². The van der Waals surface area contributed by atoms with Gasteiger partial charge in [0, 0.05) is 6.54 Å². The van der Waals surface area contributed by atoms with Gasteiger partial charge in [-0.2, -0.15) is 0 Å². The highest BCUT2D eigenvalue weighted by atomic mass is 79.9. The summed E-state index contributed by atoms with van der Waals surface area (Å²) < 4.78 is 13.7. The van der Waals surface area contributed by atoms with E-state index in [0.29, 0.717) is 4.47 Å². The molecule has 0 amide bonds. The van der Waals surface area contributed by atoms with Crippen LogP contribution >= 0.6 is 15.9 Å². The van der Waals surface area contributed by atoms with E-state index in [9.17, 15) is 4.39 Å². The molecule has 0 aliphatic heterocycles. The number of benzene rings is 1. The molecule has 1 nitrogen and oxygen atoms in total. The lowest BCUT2D eigenvalue weighted by Crippen LogP contribution is -2.25. The summed E-state index contributed by atoms with van der Waals surface area (Å²) in [5, 5.41) is 3.55. The fourth-order valence-electron chi connectivity index (χ4n) is 2.80. The van der Waals surface area contributed by atoms with Gasteiger partial charge in [0.05, 0.1) is 4.47 Å². The highest BCUT2D eigenvalue weighted by molar-refractivity contribution is 9.10. The van der Waals surface area contributed by atoms with Crippen LogP contribution in [0.15, 0.2) is 22.7 Å². The Morgan fingerprint density at radius 3 is 2.44 bits per heavy atom. The van der Waals surface area contributed by atoms with Crippen molar-refractivity contribution in [2.24, 2.45) is 17.8 Å². The van der Waals surface area contributed by atoms with Crippen LogP contribution in [0.1, 0.15) is 31.2 Å². The Morgan fingerprint density at radius 2 is 1.89 bits per heavy atom. The van der Waals surface area contributed by atoms with E-state index in [0.717, 1.165) is 36.4 Å². The van der Waals surface area contributed by atoms with E-state index in [4.69, 9.17) is 0 Å². The van der Waals surface area contributed by atoms with E-state index >= 15 is 0 Å². The molecule has 2 saturated carbocycles. The van der Waals surface area contributed by atoms with Crippen molar-refractivity contribution in [1.82, 2.24) is 5.32 Å². The van der Waals surface area contributed by atoms with E-state index in [-0.39, 0.29) is 5.82 Å². The highest BCUT2D eigenvalue weighted by Crippen LogP contribution is 2.48. The van der Waals surface area contributed by atoms with Crippen LogP contribution in [0, 0.1) is 23.6 Å². The predicted octanol–water partition coefficient (Wildman–Crippen LogP) is 4.11. The third-order valence-corrected chi connectivity index (χ3v) is 4.76. The Morgan fingerprint density at radius 1 is 1.22 bits per heavy atom. The van der Waals surface area contributed by atoms with Crippen LogP contribution in [0.2, 0.25) is 0 Å². The van der Waals surface area contributed by atoms with Gasteiger partial charge in [-0.05, 0) is 83.6 Å². The summed E-state index contributed by atoms with van der Waals surface area (Å²) in [7, 11) is 0. The molecular formula is C15H19BrFN. The molecule has 0 saturated heterocycles. The first-order valence-corrected chi connectivity index (χ1v) is 7.68. The molecule has 0 bridgehead atoms. The smallest absolute Gasteiger partial charge is 0.137 e. The summed E-state index contributed by atoms with van der Waals surface area (Å²) in [5.41, 5.74) is 1.15. The first-order valence-electron chi connectivity index (χ1n) is 6.88. The van der Waals surface area contributed by atoms with Crippen LogP contribution in [-0.2, 0) is 6.54 Å². The lowest BCUT2D eigenvalue weighted by atomic mass is 9.98. The monoisotopic (exact) mass is 311 g/mol. The minimum atomic E-state index is -0.187. The SMILES string of the molecule is Fc1ccc(CNCC(C2CC2)C2CC2)cc1Br. The minimum absolute atomic E-state index is 0.187. The van der Waals surface area contributed by atoms with Gasteiger partial charge in [0.15, 0.2) is 0 Å². The second-order valence-electron chi connectivity index (χ2n) is 5.72. The van der Waals surface area contributed by atoms with Crippen molar-refractivity contribution in [2.75, 3.05) is 6.54 Å². The van der Waals surface area contributed by atoms with Gasteiger partial charge in [-0.3, -0.25) is 0 Å². The Kier molecular flexibility index (Phi) is 3.71. The molecule has 0 aromatic heterocycles. The molecule has 18 heavy (non-hydrogen) atoms. The maximum atomic E-state index is 13.1. The molecule has 1 aromatic rings. The zero-order valence-corrected chi connectivity index (χ0v) is 12.0. The molecule has 3 rings (SSSR count).